The molecular weight excluding hydrogens is 384 g/mol. The first-order chi connectivity index (χ1) is 13.3. The summed E-state index contributed by atoms with van der Waals surface area (Å²) < 4.78 is 30.1. The molecule has 0 aliphatic carbocycles. The van der Waals surface area contributed by atoms with Gasteiger partial charge in [-0.3, -0.25) is 9.63 Å². The number of fused-ring (bicyclic) bond motifs is 1. The van der Waals surface area contributed by atoms with Crippen molar-refractivity contribution in [1.29, 1.82) is 0 Å². The Labute approximate surface area is 163 Å². The first-order valence-corrected chi connectivity index (χ1v) is 9.97. The van der Waals surface area contributed by atoms with Crippen LogP contribution in [-0.4, -0.2) is 52.1 Å². The number of amides is 1. The van der Waals surface area contributed by atoms with Crippen LogP contribution in [0.1, 0.15) is 15.9 Å². The van der Waals surface area contributed by atoms with Gasteiger partial charge < -0.3 is 9.64 Å². The zero-order chi connectivity index (χ0) is 20.3. The zero-order valence-corrected chi connectivity index (χ0v) is 16.3. The Morgan fingerprint density at radius 1 is 1.11 bits per heavy atom. The summed E-state index contributed by atoms with van der Waals surface area (Å²) in [7, 11) is -1.30. The molecule has 1 aliphatic rings. The molecule has 1 heterocycles. The molecule has 3 rings (SSSR count). The van der Waals surface area contributed by atoms with Crippen LogP contribution < -0.4 is 4.90 Å². The van der Waals surface area contributed by atoms with E-state index in [1.807, 2.05) is 24.3 Å². The maximum atomic E-state index is 12.4. The maximum absolute atomic E-state index is 12.4. The molecule has 148 valence electrons. The van der Waals surface area contributed by atoms with Crippen molar-refractivity contribution < 1.29 is 27.6 Å². The largest absolute Gasteiger partial charge is 0.452 e. The van der Waals surface area contributed by atoms with Crippen molar-refractivity contribution in [2.45, 2.75) is 11.3 Å². The van der Waals surface area contributed by atoms with Crippen molar-refractivity contribution in [1.82, 2.24) is 4.47 Å². The summed E-state index contributed by atoms with van der Waals surface area (Å²) in [6.07, 6.45) is 0.766. The lowest BCUT2D eigenvalue weighted by Crippen LogP contribution is -2.33. The van der Waals surface area contributed by atoms with Crippen molar-refractivity contribution in [3.8, 4) is 0 Å². The molecule has 0 bridgehead atoms. The Morgan fingerprint density at radius 3 is 2.46 bits per heavy atom. The molecule has 0 saturated heterocycles. The third-order valence-electron chi connectivity index (χ3n) is 4.50. The smallest absolute Gasteiger partial charge is 0.338 e. The molecule has 0 saturated carbocycles. The molecule has 0 aromatic heterocycles. The van der Waals surface area contributed by atoms with Crippen LogP contribution in [0.25, 0.3) is 0 Å². The topological polar surface area (TPSA) is 93.2 Å². The van der Waals surface area contributed by atoms with E-state index in [-0.39, 0.29) is 23.0 Å². The predicted molar refractivity (Wildman–Crippen MR) is 101 cm³/mol. The van der Waals surface area contributed by atoms with Crippen LogP contribution in [0.3, 0.4) is 0 Å². The fourth-order valence-electron chi connectivity index (χ4n) is 2.90. The number of hydrogen-bond acceptors (Lipinski definition) is 6. The average Bonchev–Trinajstić information content (AvgIpc) is 3.15. The third kappa shape index (κ3) is 3.91. The number of nitrogens with zero attached hydrogens (tertiary/aromatic N) is 2. The first kappa shape index (κ1) is 20.0. The minimum absolute atomic E-state index is 0.0295. The molecule has 28 heavy (non-hydrogen) atoms. The highest BCUT2D eigenvalue weighted by atomic mass is 32.2. The number of hydrogen-bond donors (Lipinski definition) is 0. The fourth-order valence-corrected chi connectivity index (χ4v) is 3.87. The van der Waals surface area contributed by atoms with Gasteiger partial charge in [0, 0.05) is 19.3 Å². The van der Waals surface area contributed by atoms with Gasteiger partial charge in [0.1, 0.15) is 0 Å². The van der Waals surface area contributed by atoms with Crippen LogP contribution in [-0.2, 0) is 30.8 Å². The molecule has 8 nitrogen and oxygen atoms in total. The van der Waals surface area contributed by atoms with Crippen LogP contribution in [0.5, 0.6) is 0 Å². The summed E-state index contributed by atoms with van der Waals surface area (Å²) in [6, 6.07) is 12.8. The number of carbonyl (C=O) groups excluding carboxylic acids is 2. The van der Waals surface area contributed by atoms with Crippen molar-refractivity contribution in [3.63, 3.8) is 0 Å². The molecule has 2 aromatic carbocycles. The van der Waals surface area contributed by atoms with E-state index in [0.29, 0.717) is 11.0 Å². The van der Waals surface area contributed by atoms with Gasteiger partial charge in [-0.2, -0.15) is 0 Å². The summed E-state index contributed by atoms with van der Waals surface area (Å²) >= 11 is 0. The molecule has 0 spiro atoms. The van der Waals surface area contributed by atoms with Gasteiger partial charge in [-0.05, 0) is 42.3 Å². The summed E-state index contributed by atoms with van der Waals surface area (Å²) in [5.41, 5.74) is 2.06. The Morgan fingerprint density at radius 2 is 1.79 bits per heavy atom. The highest BCUT2D eigenvalue weighted by Crippen LogP contribution is 2.27. The van der Waals surface area contributed by atoms with Crippen LogP contribution in [0.15, 0.2) is 53.4 Å². The van der Waals surface area contributed by atoms with Crippen LogP contribution in [0.4, 0.5) is 5.69 Å². The zero-order valence-electron chi connectivity index (χ0n) is 15.5. The normalized spacial score (nSPS) is 13.5. The van der Waals surface area contributed by atoms with Crippen molar-refractivity contribution >= 4 is 27.6 Å². The second-order valence-electron chi connectivity index (χ2n) is 6.12. The molecule has 2 aromatic rings. The molecular formula is C19H20N2O6S. The van der Waals surface area contributed by atoms with Gasteiger partial charge in [0.05, 0.1) is 17.6 Å². The Bertz CT molecular complexity index is 988. The average molecular weight is 404 g/mol. The number of rotatable bonds is 6. The molecule has 0 unspecified atom stereocenters. The Kier molecular flexibility index (Phi) is 5.78. The minimum Gasteiger partial charge on any atom is -0.452 e. The van der Waals surface area contributed by atoms with E-state index in [1.54, 1.807) is 4.90 Å². The number of esters is 1. The number of hydroxylamine groups is 1. The van der Waals surface area contributed by atoms with E-state index in [9.17, 15) is 18.0 Å². The quantitative estimate of drug-likeness (QED) is 0.537. The second-order valence-corrected chi connectivity index (χ2v) is 8.06. The van der Waals surface area contributed by atoms with Gasteiger partial charge in [-0.15, -0.1) is 0 Å². The molecule has 1 aliphatic heterocycles. The van der Waals surface area contributed by atoms with Crippen LogP contribution in [0.2, 0.25) is 0 Å². The van der Waals surface area contributed by atoms with Crippen LogP contribution >= 0.6 is 0 Å². The van der Waals surface area contributed by atoms with E-state index < -0.39 is 16.0 Å². The van der Waals surface area contributed by atoms with E-state index in [4.69, 9.17) is 9.57 Å². The standard InChI is InChI=1S/C19H20N2O6S/c1-20(26-2)28(24,25)16-9-7-15(8-10-16)19(23)27-13-18(22)21-12-11-14-5-3-4-6-17(14)21/h3-10H,11-13H2,1-2H3. The van der Waals surface area contributed by atoms with Gasteiger partial charge in [0.2, 0.25) is 0 Å². The summed E-state index contributed by atoms with van der Waals surface area (Å²) in [6.45, 7) is 0.162. The van der Waals surface area contributed by atoms with Gasteiger partial charge >= 0.3 is 5.97 Å². The number of para-hydroxylation sites is 1. The number of anilines is 1. The molecule has 0 radical (unpaired) electrons. The Balaban J connectivity index is 1.62. The SMILES string of the molecule is CON(C)S(=O)(=O)c1ccc(C(=O)OCC(=O)N2CCc3ccccc32)cc1. The molecule has 0 atom stereocenters. The molecule has 0 N–H and O–H groups in total. The van der Waals surface area contributed by atoms with Gasteiger partial charge in [-0.1, -0.05) is 22.7 Å². The summed E-state index contributed by atoms with van der Waals surface area (Å²) in [5, 5.41) is 0. The first-order valence-electron chi connectivity index (χ1n) is 8.53. The molecule has 1 amide bonds. The van der Waals surface area contributed by atoms with Gasteiger partial charge in [0.25, 0.3) is 15.9 Å². The van der Waals surface area contributed by atoms with Crippen LogP contribution in [0, 0.1) is 0 Å². The summed E-state index contributed by atoms with van der Waals surface area (Å²) in [4.78, 5) is 30.8. The van der Waals surface area contributed by atoms with E-state index in [1.165, 1.54) is 38.4 Å². The lowest BCUT2D eigenvalue weighted by molar-refractivity contribution is -0.121. The van der Waals surface area contributed by atoms with Gasteiger partial charge in [-0.25, -0.2) is 13.2 Å². The lowest BCUT2D eigenvalue weighted by Gasteiger charge is -2.17. The van der Waals surface area contributed by atoms with Crippen molar-refractivity contribution in [2.75, 3.05) is 32.2 Å². The lowest BCUT2D eigenvalue weighted by atomic mass is 10.2. The highest BCUT2D eigenvalue weighted by molar-refractivity contribution is 7.89. The second kappa shape index (κ2) is 8.09. The number of ether oxygens (including phenoxy) is 1. The fraction of sp³-hybridized carbons (Fsp3) is 0.263. The van der Waals surface area contributed by atoms with Crippen molar-refractivity contribution in [2.24, 2.45) is 0 Å². The van der Waals surface area contributed by atoms with E-state index in [0.717, 1.165) is 17.7 Å². The van der Waals surface area contributed by atoms with E-state index in [2.05, 4.69) is 0 Å². The third-order valence-corrected chi connectivity index (χ3v) is 6.19. The highest BCUT2D eigenvalue weighted by Gasteiger charge is 2.25. The Hall–Kier alpha value is -2.75. The minimum atomic E-state index is -3.80. The van der Waals surface area contributed by atoms with E-state index >= 15 is 0 Å². The van der Waals surface area contributed by atoms with Crippen molar-refractivity contribution in [3.05, 3.63) is 59.7 Å². The summed E-state index contributed by atoms with van der Waals surface area (Å²) in [5.74, 6) is -1.01. The predicted octanol–water partition coefficient (Wildman–Crippen LogP) is 1.61. The maximum Gasteiger partial charge on any atom is 0.338 e. The molecule has 9 heteroatoms. The number of benzene rings is 2. The number of sulfonamides is 1. The molecule has 0 fully saturated rings. The van der Waals surface area contributed by atoms with Gasteiger partial charge in [0.15, 0.2) is 6.61 Å². The monoisotopic (exact) mass is 404 g/mol. The number of carbonyl (C=O) groups is 2.